The van der Waals surface area contributed by atoms with E-state index in [0.717, 1.165) is 5.56 Å². The van der Waals surface area contributed by atoms with Crippen LogP contribution < -0.4 is 5.73 Å². The molecule has 2 N–H and O–H groups in total. The standard InChI is InChI=1S/C17H20FNOS/c1-12(2)17(16(19)13-6-4-3-5-7-13)21(20)15-10-8-14(18)9-11-15/h3-12,16-17H,19H2,1-2H3. The average Bonchev–Trinajstić information content (AvgIpc) is 2.48. The van der Waals surface area contributed by atoms with E-state index in [1.807, 2.05) is 44.2 Å². The van der Waals surface area contributed by atoms with Gasteiger partial charge in [0, 0.05) is 10.9 Å². The molecular weight excluding hydrogens is 285 g/mol. The fraction of sp³-hybridized carbons (Fsp3) is 0.294. The van der Waals surface area contributed by atoms with Gasteiger partial charge in [0.15, 0.2) is 0 Å². The molecule has 2 rings (SSSR count). The van der Waals surface area contributed by atoms with E-state index in [0.29, 0.717) is 4.90 Å². The van der Waals surface area contributed by atoms with E-state index in [1.54, 1.807) is 12.1 Å². The molecule has 2 aromatic carbocycles. The first kappa shape index (κ1) is 15.9. The van der Waals surface area contributed by atoms with Gasteiger partial charge in [-0.15, -0.1) is 0 Å². The Labute approximate surface area is 127 Å². The van der Waals surface area contributed by atoms with Crippen molar-refractivity contribution in [1.29, 1.82) is 0 Å². The first-order valence-electron chi connectivity index (χ1n) is 6.97. The number of hydrogen-bond donors (Lipinski definition) is 1. The smallest absolute Gasteiger partial charge is 0.123 e. The largest absolute Gasteiger partial charge is 0.323 e. The maximum absolute atomic E-state index is 13.0. The molecule has 0 saturated heterocycles. The molecule has 2 aromatic rings. The zero-order valence-corrected chi connectivity index (χ0v) is 13.0. The lowest BCUT2D eigenvalue weighted by Crippen LogP contribution is -2.34. The number of benzene rings is 2. The molecule has 112 valence electrons. The number of nitrogens with two attached hydrogens (primary N) is 1. The molecule has 0 aliphatic carbocycles. The summed E-state index contributed by atoms with van der Waals surface area (Å²) in [4.78, 5) is 0.612. The maximum atomic E-state index is 13.0. The number of halogens is 1. The molecule has 0 fully saturated rings. The summed E-state index contributed by atoms with van der Waals surface area (Å²) in [6.07, 6.45) is 0. The van der Waals surface area contributed by atoms with E-state index < -0.39 is 10.8 Å². The summed E-state index contributed by atoms with van der Waals surface area (Å²) in [5.74, 6) is -0.185. The Morgan fingerprint density at radius 1 is 1.00 bits per heavy atom. The van der Waals surface area contributed by atoms with Gasteiger partial charge in [-0.05, 0) is 35.7 Å². The molecule has 0 aromatic heterocycles. The summed E-state index contributed by atoms with van der Waals surface area (Å²) in [5.41, 5.74) is 7.31. The highest BCUT2D eigenvalue weighted by atomic mass is 32.2. The minimum atomic E-state index is -1.28. The Balaban J connectivity index is 2.30. The molecule has 3 unspecified atom stereocenters. The third-order valence-corrected chi connectivity index (χ3v) is 5.56. The van der Waals surface area contributed by atoms with Crippen LogP contribution in [0.25, 0.3) is 0 Å². The highest BCUT2D eigenvalue weighted by Gasteiger charge is 2.29. The molecule has 0 bridgehead atoms. The summed E-state index contributed by atoms with van der Waals surface area (Å²) in [7, 11) is -1.28. The zero-order valence-electron chi connectivity index (χ0n) is 12.2. The average molecular weight is 305 g/mol. The van der Waals surface area contributed by atoms with Crippen LogP contribution in [0, 0.1) is 11.7 Å². The van der Waals surface area contributed by atoms with Gasteiger partial charge in [0.2, 0.25) is 0 Å². The van der Waals surface area contributed by atoms with Crippen LogP contribution >= 0.6 is 0 Å². The van der Waals surface area contributed by atoms with Crippen molar-refractivity contribution in [3.8, 4) is 0 Å². The summed E-state index contributed by atoms with van der Waals surface area (Å²) < 4.78 is 25.8. The highest BCUT2D eigenvalue weighted by molar-refractivity contribution is 7.85. The maximum Gasteiger partial charge on any atom is 0.123 e. The van der Waals surface area contributed by atoms with Crippen molar-refractivity contribution in [3.63, 3.8) is 0 Å². The molecule has 0 saturated carbocycles. The molecule has 0 radical (unpaired) electrons. The van der Waals surface area contributed by atoms with E-state index in [9.17, 15) is 8.60 Å². The van der Waals surface area contributed by atoms with Crippen molar-refractivity contribution in [3.05, 3.63) is 66.0 Å². The topological polar surface area (TPSA) is 43.1 Å². The van der Waals surface area contributed by atoms with E-state index in [4.69, 9.17) is 5.73 Å². The summed E-state index contributed by atoms with van der Waals surface area (Å²) in [5, 5.41) is -0.224. The summed E-state index contributed by atoms with van der Waals surface area (Å²) >= 11 is 0. The van der Waals surface area contributed by atoms with Crippen molar-refractivity contribution >= 4 is 10.8 Å². The van der Waals surface area contributed by atoms with Gasteiger partial charge in [-0.3, -0.25) is 4.21 Å². The Bertz CT molecular complexity index is 598. The Morgan fingerprint density at radius 2 is 1.57 bits per heavy atom. The molecule has 2 nitrogen and oxygen atoms in total. The van der Waals surface area contributed by atoms with Crippen LogP contribution in [0.4, 0.5) is 4.39 Å². The van der Waals surface area contributed by atoms with E-state index in [2.05, 4.69) is 0 Å². The Hall–Kier alpha value is -1.52. The first-order chi connectivity index (χ1) is 10.0. The number of rotatable bonds is 5. The predicted molar refractivity (Wildman–Crippen MR) is 84.8 cm³/mol. The molecule has 0 heterocycles. The minimum absolute atomic E-state index is 0.145. The summed E-state index contributed by atoms with van der Waals surface area (Å²) in [6.45, 7) is 4.02. The predicted octanol–water partition coefficient (Wildman–Crippen LogP) is 3.66. The normalized spacial score (nSPS) is 15.7. The lowest BCUT2D eigenvalue weighted by molar-refractivity contribution is 0.510. The van der Waals surface area contributed by atoms with Crippen LogP contribution in [0.1, 0.15) is 25.5 Å². The van der Waals surface area contributed by atoms with E-state index in [1.165, 1.54) is 12.1 Å². The third kappa shape index (κ3) is 3.77. The zero-order chi connectivity index (χ0) is 15.4. The fourth-order valence-corrected chi connectivity index (χ4v) is 4.02. The lowest BCUT2D eigenvalue weighted by Gasteiger charge is -2.27. The molecule has 0 spiro atoms. The second kappa shape index (κ2) is 6.96. The van der Waals surface area contributed by atoms with Crippen molar-refractivity contribution < 1.29 is 8.60 Å². The van der Waals surface area contributed by atoms with Gasteiger partial charge in [-0.1, -0.05) is 44.2 Å². The minimum Gasteiger partial charge on any atom is -0.323 e. The molecule has 0 aliphatic heterocycles. The van der Waals surface area contributed by atoms with Crippen molar-refractivity contribution in [1.82, 2.24) is 0 Å². The van der Waals surface area contributed by atoms with Gasteiger partial charge < -0.3 is 5.73 Å². The van der Waals surface area contributed by atoms with Crippen LogP contribution in [0.3, 0.4) is 0 Å². The van der Waals surface area contributed by atoms with Gasteiger partial charge in [-0.2, -0.15) is 0 Å². The van der Waals surface area contributed by atoms with Gasteiger partial charge in [-0.25, -0.2) is 4.39 Å². The molecular formula is C17H20FNOS. The van der Waals surface area contributed by atoms with Crippen LogP contribution in [0.5, 0.6) is 0 Å². The second-order valence-corrected chi connectivity index (χ2v) is 7.01. The van der Waals surface area contributed by atoms with Crippen molar-refractivity contribution in [2.75, 3.05) is 0 Å². The number of hydrogen-bond acceptors (Lipinski definition) is 2. The van der Waals surface area contributed by atoms with Crippen LogP contribution in [-0.4, -0.2) is 9.46 Å². The summed E-state index contributed by atoms with van der Waals surface area (Å²) in [6, 6.07) is 15.1. The quantitative estimate of drug-likeness (QED) is 0.916. The second-order valence-electron chi connectivity index (χ2n) is 5.40. The van der Waals surface area contributed by atoms with Gasteiger partial charge >= 0.3 is 0 Å². The van der Waals surface area contributed by atoms with Crippen LogP contribution in [0.15, 0.2) is 59.5 Å². The van der Waals surface area contributed by atoms with Gasteiger partial charge in [0.25, 0.3) is 0 Å². The monoisotopic (exact) mass is 305 g/mol. The van der Waals surface area contributed by atoms with E-state index in [-0.39, 0.29) is 23.0 Å². The Kier molecular flexibility index (Phi) is 5.26. The molecule has 4 heteroatoms. The van der Waals surface area contributed by atoms with E-state index >= 15 is 0 Å². The van der Waals surface area contributed by atoms with Gasteiger partial charge in [0.1, 0.15) is 5.82 Å². The van der Waals surface area contributed by atoms with Crippen LogP contribution in [0.2, 0.25) is 0 Å². The highest BCUT2D eigenvalue weighted by Crippen LogP contribution is 2.28. The first-order valence-corrected chi connectivity index (χ1v) is 8.18. The molecule has 0 aliphatic rings. The van der Waals surface area contributed by atoms with Gasteiger partial charge in [0.05, 0.1) is 16.0 Å². The third-order valence-electron chi connectivity index (χ3n) is 3.49. The van der Waals surface area contributed by atoms with Crippen LogP contribution in [-0.2, 0) is 10.8 Å². The molecule has 0 amide bonds. The Morgan fingerprint density at radius 3 is 2.10 bits per heavy atom. The molecule has 3 atom stereocenters. The SMILES string of the molecule is CC(C)C(C(N)c1ccccc1)S(=O)c1ccc(F)cc1. The molecule has 21 heavy (non-hydrogen) atoms. The lowest BCUT2D eigenvalue weighted by atomic mass is 9.97. The van der Waals surface area contributed by atoms with Crippen molar-refractivity contribution in [2.24, 2.45) is 11.7 Å². The fourth-order valence-electron chi connectivity index (χ4n) is 2.39. The van der Waals surface area contributed by atoms with Crippen molar-refractivity contribution in [2.45, 2.75) is 30.0 Å².